The van der Waals surface area contributed by atoms with Crippen LogP contribution >= 0.6 is 0 Å². The molecule has 1 atom stereocenters. The van der Waals surface area contributed by atoms with Crippen molar-refractivity contribution >= 4 is 16.9 Å². The summed E-state index contributed by atoms with van der Waals surface area (Å²) in [6.07, 6.45) is 1.16. The van der Waals surface area contributed by atoms with E-state index in [-0.39, 0.29) is 5.56 Å². The van der Waals surface area contributed by atoms with E-state index in [1.165, 1.54) is 32.5 Å². The van der Waals surface area contributed by atoms with Gasteiger partial charge in [0.1, 0.15) is 5.39 Å². The van der Waals surface area contributed by atoms with Gasteiger partial charge in [-0.1, -0.05) is 24.3 Å². The van der Waals surface area contributed by atoms with Gasteiger partial charge in [-0.3, -0.25) is 9.78 Å². The number of fused-ring (bicyclic) bond motifs is 1. The van der Waals surface area contributed by atoms with E-state index in [0.29, 0.717) is 46.6 Å². The summed E-state index contributed by atoms with van der Waals surface area (Å²) in [4.78, 5) is 22.4. The smallest absolute Gasteiger partial charge is 0.264 e. The van der Waals surface area contributed by atoms with Crippen LogP contribution in [0.1, 0.15) is 23.5 Å². The van der Waals surface area contributed by atoms with Gasteiger partial charge in [0.15, 0.2) is 11.5 Å². The van der Waals surface area contributed by atoms with Crippen LogP contribution in [-0.2, 0) is 6.54 Å². The molecular weight excluding hydrogens is 396 g/mol. The van der Waals surface area contributed by atoms with Gasteiger partial charge in [0.25, 0.3) is 5.56 Å². The fourth-order valence-corrected chi connectivity index (χ4v) is 4.17. The maximum atomic E-state index is 12.9. The molecule has 1 aromatic heterocycles. The molecule has 2 heterocycles. The molecule has 0 radical (unpaired) electrons. The quantitative estimate of drug-likeness (QED) is 0.603. The summed E-state index contributed by atoms with van der Waals surface area (Å²) in [6.45, 7) is 2.70. The highest BCUT2D eigenvalue weighted by atomic mass is 16.5. The molecular formula is C23H28N4O4. The van der Waals surface area contributed by atoms with Gasteiger partial charge in [-0.15, -0.1) is 0 Å². The molecule has 0 amide bonds. The SMILES string of the molecule is COc1cc2nc(N(C)Cc3cccc(C4CCNC4)c3)[nH]c(=O)c2c(OC)c1OC. The Labute approximate surface area is 181 Å². The first-order valence-corrected chi connectivity index (χ1v) is 10.3. The zero-order valence-electron chi connectivity index (χ0n) is 18.3. The van der Waals surface area contributed by atoms with Crippen molar-refractivity contribution in [1.29, 1.82) is 0 Å². The van der Waals surface area contributed by atoms with E-state index in [0.717, 1.165) is 19.5 Å². The minimum atomic E-state index is -0.296. The average Bonchev–Trinajstić information content (AvgIpc) is 3.32. The summed E-state index contributed by atoms with van der Waals surface area (Å²) in [5.74, 6) is 2.15. The van der Waals surface area contributed by atoms with Crippen molar-refractivity contribution < 1.29 is 14.2 Å². The van der Waals surface area contributed by atoms with Gasteiger partial charge in [0.2, 0.25) is 11.7 Å². The summed E-state index contributed by atoms with van der Waals surface area (Å²) < 4.78 is 16.2. The lowest BCUT2D eigenvalue weighted by Crippen LogP contribution is -2.23. The number of methoxy groups -OCH3 is 3. The third kappa shape index (κ3) is 4.03. The van der Waals surface area contributed by atoms with E-state index in [2.05, 4.69) is 39.6 Å². The Kier molecular flexibility index (Phi) is 5.99. The highest BCUT2D eigenvalue weighted by molar-refractivity contribution is 5.90. The Morgan fingerprint density at radius 3 is 2.61 bits per heavy atom. The lowest BCUT2D eigenvalue weighted by Gasteiger charge is -2.20. The van der Waals surface area contributed by atoms with Crippen LogP contribution in [0, 0.1) is 0 Å². The predicted molar refractivity (Wildman–Crippen MR) is 121 cm³/mol. The number of H-pyrrole nitrogens is 1. The second-order valence-corrected chi connectivity index (χ2v) is 7.72. The van der Waals surface area contributed by atoms with Gasteiger partial charge in [-0.25, -0.2) is 4.98 Å². The Balaban J connectivity index is 1.68. The van der Waals surface area contributed by atoms with Gasteiger partial charge in [0.05, 0.1) is 26.8 Å². The van der Waals surface area contributed by atoms with Crippen molar-refractivity contribution in [2.24, 2.45) is 0 Å². The molecule has 0 spiro atoms. The first-order valence-electron chi connectivity index (χ1n) is 10.3. The van der Waals surface area contributed by atoms with E-state index in [1.807, 2.05) is 11.9 Å². The standard InChI is InChI=1S/C23H28N4O4/c1-27(13-14-6-5-7-15(10-14)16-8-9-24-12-16)23-25-17-11-18(29-2)20(30-3)21(31-4)19(17)22(28)26-23/h5-7,10-11,16,24H,8-9,12-13H2,1-4H3,(H,25,26,28). The molecule has 0 aliphatic carbocycles. The van der Waals surface area contributed by atoms with Crippen LogP contribution in [0.25, 0.3) is 10.9 Å². The predicted octanol–water partition coefficient (Wildman–Crippen LogP) is 2.66. The van der Waals surface area contributed by atoms with Gasteiger partial charge in [-0.2, -0.15) is 0 Å². The number of anilines is 1. The van der Waals surface area contributed by atoms with Crippen LogP contribution in [0.2, 0.25) is 0 Å². The number of aromatic amines is 1. The number of aromatic nitrogens is 2. The normalized spacial score (nSPS) is 15.8. The molecule has 8 heteroatoms. The molecule has 1 unspecified atom stereocenters. The Bertz CT molecular complexity index is 1140. The second kappa shape index (κ2) is 8.85. The van der Waals surface area contributed by atoms with E-state index < -0.39 is 0 Å². The number of hydrogen-bond donors (Lipinski definition) is 2. The molecule has 31 heavy (non-hydrogen) atoms. The average molecular weight is 425 g/mol. The van der Waals surface area contributed by atoms with Crippen LogP contribution < -0.4 is 30.0 Å². The third-order valence-corrected chi connectivity index (χ3v) is 5.75. The second-order valence-electron chi connectivity index (χ2n) is 7.72. The van der Waals surface area contributed by atoms with Crippen LogP contribution in [0.5, 0.6) is 17.2 Å². The van der Waals surface area contributed by atoms with E-state index in [1.54, 1.807) is 6.07 Å². The maximum Gasteiger partial charge on any atom is 0.264 e. The minimum absolute atomic E-state index is 0.296. The van der Waals surface area contributed by atoms with Gasteiger partial charge in [0, 0.05) is 26.2 Å². The van der Waals surface area contributed by atoms with Crippen molar-refractivity contribution in [2.75, 3.05) is 46.4 Å². The summed E-state index contributed by atoms with van der Waals surface area (Å²) in [5.41, 5.74) is 2.69. The van der Waals surface area contributed by atoms with E-state index in [9.17, 15) is 4.79 Å². The zero-order chi connectivity index (χ0) is 22.0. The lowest BCUT2D eigenvalue weighted by molar-refractivity contribution is 0.327. The highest BCUT2D eigenvalue weighted by Gasteiger charge is 2.21. The van der Waals surface area contributed by atoms with Crippen molar-refractivity contribution in [1.82, 2.24) is 15.3 Å². The Hall–Kier alpha value is -3.26. The largest absolute Gasteiger partial charge is 0.493 e. The fraction of sp³-hybridized carbons (Fsp3) is 0.391. The molecule has 1 aliphatic heterocycles. The molecule has 0 saturated carbocycles. The topological polar surface area (TPSA) is 88.7 Å². The molecule has 1 saturated heterocycles. The van der Waals surface area contributed by atoms with Crippen LogP contribution in [0.3, 0.4) is 0 Å². The number of hydrogen-bond acceptors (Lipinski definition) is 7. The first-order chi connectivity index (χ1) is 15.0. The summed E-state index contributed by atoms with van der Waals surface area (Å²) >= 11 is 0. The van der Waals surface area contributed by atoms with Gasteiger partial charge in [-0.05, 0) is 30.0 Å². The molecule has 4 rings (SSSR count). The molecule has 3 aromatic rings. The molecule has 8 nitrogen and oxygen atoms in total. The van der Waals surface area contributed by atoms with Crippen LogP contribution in [0.15, 0.2) is 35.1 Å². The maximum absolute atomic E-state index is 12.9. The number of nitrogens with one attached hydrogen (secondary N) is 2. The lowest BCUT2D eigenvalue weighted by atomic mass is 9.96. The molecule has 2 aromatic carbocycles. The summed E-state index contributed by atoms with van der Waals surface area (Å²) in [6, 6.07) is 10.3. The fourth-order valence-electron chi connectivity index (χ4n) is 4.17. The third-order valence-electron chi connectivity index (χ3n) is 5.75. The van der Waals surface area contributed by atoms with Crippen LogP contribution in [-0.4, -0.2) is 51.4 Å². The number of rotatable bonds is 7. The Morgan fingerprint density at radius 1 is 1.13 bits per heavy atom. The monoisotopic (exact) mass is 424 g/mol. The number of ether oxygens (including phenoxy) is 3. The molecule has 1 aliphatic rings. The molecule has 0 bridgehead atoms. The number of benzene rings is 2. The summed E-state index contributed by atoms with van der Waals surface area (Å²) in [5, 5.41) is 3.74. The molecule has 1 fully saturated rings. The van der Waals surface area contributed by atoms with Crippen molar-refractivity contribution in [3.8, 4) is 17.2 Å². The van der Waals surface area contributed by atoms with Crippen LogP contribution in [0.4, 0.5) is 5.95 Å². The first kappa shape index (κ1) is 21.0. The molecule has 2 N–H and O–H groups in total. The Morgan fingerprint density at radius 2 is 1.94 bits per heavy atom. The summed E-state index contributed by atoms with van der Waals surface area (Å²) in [7, 11) is 6.44. The van der Waals surface area contributed by atoms with Gasteiger partial charge < -0.3 is 24.4 Å². The number of nitrogens with zero attached hydrogens (tertiary/aromatic N) is 2. The van der Waals surface area contributed by atoms with Gasteiger partial charge >= 0.3 is 0 Å². The zero-order valence-corrected chi connectivity index (χ0v) is 18.3. The van der Waals surface area contributed by atoms with E-state index >= 15 is 0 Å². The van der Waals surface area contributed by atoms with E-state index in [4.69, 9.17) is 14.2 Å². The van der Waals surface area contributed by atoms with Crippen molar-refractivity contribution in [3.05, 3.63) is 51.8 Å². The highest BCUT2D eigenvalue weighted by Crippen LogP contribution is 2.41. The molecule has 164 valence electrons. The van der Waals surface area contributed by atoms with Crippen molar-refractivity contribution in [3.63, 3.8) is 0 Å². The van der Waals surface area contributed by atoms with Crippen molar-refractivity contribution in [2.45, 2.75) is 18.9 Å². The minimum Gasteiger partial charge on any atom is -0.493 e.